The minimum atomic E-state index is -0.509. The summed E-state index contributed by atoms with van der Waals surface area (Å²) in [6.45, 7) is 0. The van der Waals surface area contributed by atoms with Gasteiger partial charge in [0.05, 0.1) is 18.2 Å². The summed E-state index contributed by atoms with van der Waals surface area (Å²) < 4.78 is 4.94. The van der Waals surface area contributed by atoms with E-state index in [-0.39, 0.29) is 11.4 Å². The van der Waals surface area contributed by atoms with Crippen LogP contribution in [0.5, 0.6) is 5.75 Å². The normalized spacial score (nSPS) is 10.3. The second-order valence-electron chi connectivity index (χ2n) is 4.38. The lowest BCUT2D eigenvalue weighted by Gasteiger charge is -2.06. The molecule has 23 heavy (non-hydrogen) atoms. The molecule has 2 rings (SSSR count). The third-order valence-corrected chi connectivity index (χ3v) is 3.00. The average molecular weight is 330 g/mol. The molecule has 0 heterocycles. The van der Waals surface area contributed by atoms with Crippen molar-refractivity contribution in [2.24, 2.45) is 5.10 Å². The molecule has 0 aliphatic carbocycles. The Morgan fingerprint density at radius 1 is 1.30 bits per heavy atom. The van der Waals surface area contributed by atoms with Crippen LogP contribution in [0.4, 0.5) is 11.4 Å². The van der Waals surface area contributed by atoms with Gasteiger partial charge < -0.3 is 10.1 Å². The summed E-state index contributed by atoms with van der Waals surface area (Å²) in [7, 11) is 1.38. The third-order valence-electron chi connectivity index (χ3n) is 2.81. The first-order valence-corrected chi connectivity index (χ1v) is 6.98. The van der Waals surface area contributed by atoms with Crippen molar-refractivity contribution >= 4 is 34.9 Å². The molecule has 2 aromatic rings. The fourth-order valence-electron chi connectivity index (χ4n) is 1.78. The summed E-state index contributed by atoms with van der Waals surface area (Å²) in [5.41, 5.74) is 3.90. The number of hydrogen-bond acceptors (Lipinski definition) is 5. The molecule has 118 valence electrons. The van der Waals surface area contributed by atoms with Crippen LogP contribution in [0.25, 0.3) is 0 Å². The summed E-state index contributed by atoms with van der Waals surface area (Å²) in [6.07, 6.45) is 1.44. The van der Waals surface area contributed by atoms with Crippen LogP contribution in [0, 0.1) is 10.1 Å². The number of rotatable bonds is 5. The van der Waals surface area contributed by atoms with Gasteiger partial charge in [-0.25, -0.2) is 0 Å². The van der Waals surface area contributed by atoms with Gasteiger partial charge in [0.2, 0.25) is 0 Å². The molecule has 0 saturated heterocycles. The van der Waals surface area contributed by atoms with Crippen molar-refractivity contribution in [1.82, 2.24) is 5.43 Å². The molecular weight excluding hydrogens is 316 g/mol. The Hall–Kier alpha value is -3.00. The highest BCUT2D eigenvalue weighted by Gasteiger charge is 2.14. The molecule has 0 aromatic heterocycles. The molecule has 0 aliphatic rings. The Morgan fingerprint density at radius 2 is 2.04 bits per heavy atom. The first kappa shape index (κ1) is 16.4. The number of thiocarbonyl (C=S) groups is 1. The van der Waals surface area contributed by atoms with Crippen molar-refractivity contribution in [3.63, 3.8) is 0 Å². The molecule has 0 radical (unpaired) electrons. The van der Waals surface area contributed by atoms with E-state index >= 15 is 0 Å². The molecule has 0 atom stereocenters. The van der Waals surface area contributed by atoms with E-state index in [9.17, 15) is 10.1 Å². The molecule has 8 heteroatoms. The number of ether oxygens (including phenoxy) is 1. The zero-order valence-corrected chi connectivity index (χ0v) is 13.0. The van der Waals surface area contributed by atoms with Gasteiger partial charge in [0.15, 0.2) is 10.9 Å². The summed E-state index contributed by atoms with van der Waals surface area (Å²) >= 11 is 5.09. The van der Waals surface area contributed by atoms with E-state index in [2.05, 4.69) is 15.8 Å². The van der Waals surface area contributed by atoms with Crippen LogP contribution in [0.2, 0.25) is 0 Å². The van der Waals surface area contributed by atoms with Gasteiger partial charge in [0, 0.05) is 17.3 Å². The predicted molar refractivity (Wildman–Crippen MR) is 93.0 cm³/mol. The molecule has 0 fully saturated rings. The standard InChI is InChI=1S/C15H14N4O3S/c1-22-14-8-7-11(9-13(14)19(20)21)10-16-18-15(23)17-12-5-3-2-4-6-12/h2-10H,1H3,(H2,17,18,23). The minimum absolute atomic E-state index is 0.124. The number of nitrogens with one attached hydrogen (secondary N) is 2. The SMILES string of the molecule is COc1ccc(C=NNC(=S)Nc2ccccc2)cc1[N+](=O)[O-]. The lowest BCUT2D eigenvalue weighted by molar-refractivity contribution is -0.385. The topological polar surface area (TPSA) is 88.8 Å². The Kier molecular flexibility index (Phi) is 5.59. The second-order valence-corrected chi connectivity index (χ2v) is 4.79. The molecule has 0 amide bonds. The van der Waals surface area contributed by atoms with Gasteiger partial charge in [-0.05, 0) is 36.5 Å². The molecule has 0 saturated carbocycles. The lowest BCUT2D eigenvalue weighted by Crippen LogP contribution is -2.23. The molecule has 7 nitrogen and oxygen atoms in total. The van der Waals surface area contributed by atoms with Gasteiger partial charge in [0.25, 0.3) is 0 Å². The minimum Gasteiger partial charge on any atom is -0.490 e. The monoisotopic (exact) mass is 330 g/mol. The van der Waals surface area contributed by atoms with Crippen LogP contribution in [0.3, 0.4) is 0 Å². The first-order valence-electron chi connectivity index (χ1n) is 6.57. The summed E-state index contributed by atoms with van der Waals surface area (Å²) in [5.74, 6) is 0.196. The number of methoxy groups -OCH3 is 1. The number of hydrazone groups is 1. The number of para-hydroxylation sites is 1. The van der Waals surface area contributed by atoms with Gasteiger partial charge in [-0.2, -0.15) is 5.10 Å². The highest BCUT2D eigenvalue weighted by molar-refractivity contribution is 7.80. The van der Waals surface area contributed by atoms with Gasteiger partial charge in [-0.1, -0.05) is 18.2 Å². The van der Waals surface area contributed by atoms with E-state index in [0.29, 0.717) is 10.7 Å². The number of nitro groups is 1. The highest BCUT2D eigenvalue weighted by atomic mass is 32.1. The van der Waals surface area contributed by atoms with Crippen molar-refractivity contribution in [3.05, 3.63) is 64.2 Å². The van der Waals surface area contributed by atoms with Gasteiger partial charge >= 0.3 is 5.69 Å². The fraction of sp³-hybridized carbons (Fsp3) is 0.0667. The van der Waals surface area contributed by atoms with Crippen LogP contribution in [-0.2, 0) is 0 Å². The van der Waals surface area contributed by atoms with Crippen LogP contribution < -0.4 is 15.5 Å². The Morgan fingerprint density at radius 3 is 2.70 bits per heavy atom. The van der Waals surface area contributed by atoms with E-state index < -0.39 is 4.92 Å². The second kappa shape index (κ2) is 7.85. The lowest BCUT2D eigenvalue weighted by atomic mass is 10.2. The van der Waals surface area contributed by atoms with Gasteiger partial charge in [-0.3, -0.25) is 15.5 Å². The average Bonchev–Trinajstić information content (AvgIpc) is 2.55. The van der Waals surface area contributed by atoms with Crippen molar-refractivity contribution in [2.45, 2.75) is 0 Å². The number of nitro benzene ring substituents is 1. The summed E-state index contributed by atoms with van der Waals surface area (Å²) in [4.78, 5) is 10.4. The summed E-state index contributed by atoms with van der Waals surface area (Å²) in [6, 6.07) is 13.9. The van der Waals surface area contributed by atoms with Crippen LogP contribution in [0.15, 0.2) is 53.6 Å². The predicted octanol–water partition coefficient (Wildman–Crippen LogP) is 2.92. The maximum atomic E-state index is 11.0. The van der Waals surface area contributed by atoms with Crippen molar-refractivity contribution in [2.75, 3.05) is 12.4 Å². The molecule has 0 bridgehead atoms. The van der Waals surface area contributed by atoms with E-state index in [0.717, 1.165) is 5.69 Å². The quantitative estimate of drug-likeness (QED) is 0.379. The Balaban J connectivity index is 1.99. The largest absolute Gasteiger partial charge is 0.490 e. The van der Waals surface area contributed by atoms with Gasteiger partial charge in [0.1, 0.15) is 0 Å². The first-order chi connectivity index (χ1) is 11.1. The maximum Gasteiger partial charge on any atom is 0.311 e. The molecule has 2 N–H and O–H groups in total. The van der Waals surface area contributed by atoms with E-state index in [1.165, 1.54) is 25.5 Å². The zero-order valence-electron chi connectivity index (χ0n) is 12.2. The van der Waals surface area contributed by atoms with E-state index in [1.807, 2.05) is 30.3 Å². The molecular formula is C15H14N4O3S. The smallest absolute Gasteiger partial charge is 0.311 e. The Bertz CT molecular complexity index is 735. The van der Waals surface area contributed by atoms with Crippen LogP contribution in [0.1, 0.15) is 5.56 Å². The number of nitrogens with zero attached hydrogens (tertiary/aromatic N) is 2. The Labute approximate surface area is 138 Å². The number of anilines is 1. The van der Waals surface area contributed by atoms with Crippen LogP contribution in [-0.4, -0.2) is 23.4 Å². The third kappa shape index (κ3) is 4.75. The zero-order chi connectivity index (χ0) is 16.7. The van der Waals surface area contributed by atoms with E-state index in [4.69, 9.17) is 17.0 Å². The van der Waals surface area contributed by atoms with Gasteiger partial charge in [-0.15, -0.1) is 0 Å². The van der Waals surface area contributed by atoms with Crippen LogP contribution >= 0.6 is 12.2 Å². The molecule has 0 aliphatic heterocycles. The molecule has 0 unspecified atom stereocenters. The van der Waals surface area contributed by atoms with Crippen molar-refractivity contribution in [1.29, 1.82) is 0 Å². The number of benzene rings is 2. The number of hydrogen-bond donors (Lipinski definition) is 2. The molecule has 2 aromatic carbocycles. The van der Waals surface area contributed by atoms with Crippen molar-refractivity contribution in [3.8, 4) is 5.75 Å². The van der Waals surface area contributed by atoms with E-state index in [1.54, 1.807) is 6.07 Å². The fourth-order valence-corrected chi connectivity index (χ4v) is 1.95. The maximum absolute atomic E-state index is 11.0. The summed E-state index contributed by atoms with van der Waals surface area (Å²) in [5, 5.41) is 18.2. The van der Waals surface area contributed by atoms with Crippen molar-refractivity contribution < 1.29 is 9.66 Å². The highest BCUT2D eigenvalue weighted by Crippen LogP contribution is 2.26. The molecule has 0 spiro atoms.